The van der Waals surface area contributed by atoms with Crippen molar-refractivity contribution in [3.63, 3.8) is 0 Å². The Morgan fingerprint density at radius 1 is 0.531 bits per heavy atom. The third-order valence-electron chi connectivity index (χ3n) is 6.28. The fraction of sp³-hybridized carbons (Fsp3) is 0.231. The molecule has 160 valence electrons. The molecule has 6 heteroatoms. The predicted octanol–water partition coefficient (Wildman–Crippen LogP) is 4.73. The topological polar surface area (TPSA) is 70.0 Å². The van der Waals surface area contributed by atoms with Gasteiger partial charge in [-0.1, -0.05) is 60.7 Å². The largest absolute Gasteiger partial charge is 0.480 e. The van der Waals surface area contributed by atoms with Gasteiger partial charge in [-0.15, -0.1) is 0 Å². The van der Waals surface area contributed by atoms with Crippen LogP contribution < -0.4 is 9.47 Å². The van der Waals surface area contributed by atoms with Gasteiger partial charge in [-0.25, -0.2) is 9.97 Å². The Labute approximate surface area is 187 Å². The van der Waals surface area contributed by atoms with Gasteiger partial charge in [0.15, 0.2) is 0 Å². The van der Waals surface area contributed by atoms with Crippen molar-refractivity contribution in [2.24, 2.45) is 0 Å². The third kappa shape index (κ3) is 3.58. The molecule has 32 heavy (non-hydrogen) atoms. The summed E-state index contributed by atoms with van der Waals surface area (Å²) in [5.41, 5.74) is 4.31. The normalized spacial score (nSPS) is 22.1. The van der Waals surface area contributed by atoms with Crippen molar-refractivity contribution in [3.05, 3.63) is 108 Å². The molecule has 0 radical (unpaired) electrons. The zero-order valence-electron chi connectivity index (χ0n) is 18.0. The highest BCUT2D eigenvalue weighted by atomic mass is 16.5. The second-order valence-electron chi connectivity index (χ2n) is 7.90. The standard InChI is InChI=1S/C26H24N4O2/c1-31-21-15-27-13-19(29-21)25-23(17-9-5-3-6-10-17)26(20-14-28-16-22(30-20)32-2)24(25)18-11-7-4-8-12-18/h3-16,23-26H,1-2H3/t23-,24-,25-,26?/m1/s1. The molecule has 6 nitrogen and oxygen atoms in total. The molecule has 0 unspecified atom stereocenters. The van der Waals surface area contributed by atoms with Crippen LogP contribution in [0.3, 0.4) is 0 Å². The number of ether oxygens (including phenoxy) is 2. The van der Waals surface area contributed by atoms with Gasteiger partial charge in [0, 0.05) is 36.1 Å². The van der Waals surface area contributed by atoms with Crippen molar-refractivity contribution in [2.45, 2.75) is 23.7 Å². The number of methoxy groups -OCH3 is 2. The molecule has 0 N–H and O–H groups in total. The van der Waals surface area contributed by atoms with Crippen molar-refractivity contribution < 1.29 is 9.47 Å². The van der Waals surface area contributed by atoms with E-state index in [0.717, 1.165) is 11.4 Å². The van der Waals surface area contributed by atoms with Crippen LogP contribution in [0.2, 0.25) is 0 Å². The molecule has 2 aromatic carbocycles. The number of nitrogens with zero attached hydrogens (tertiary/aromatic N) is 4. The van der Waals surface area contributed by atoms with Crippen LogP contribution >= 0.6 is 0 Å². The summed E-state index contributed by atoms with van der Waals surface area (Å²) in [6.07, 6.45) is 6.99. The monoisotopic (exact) mass is 424 g/mol. The second-order valence-corrected chi connectivity index (χ2v) is 7.90. The van der Waals surface area contributed by atoms with Crippen LogP contribution in [0.5, 0.6) is 11.8 Å². The molecule has 0 spiro atoms. The molecule has 1 aliphatic rings. The molecule has 1 fully saturated rings. The lowest BCUT2D eigenvalue weighted by atomic mass is 9.51. The smallest absolute Gasteiger partial charge is 0.232 e. The molecule has 1 saturated carbocycles. The number of aromatic nitrogens is 4. The summed E-state index contributed by atoms with van der Waals surface area (Å²) < 4.78 is 10.8. The minimum absolute atomic E-state index is 0.111. The summed E-state index contributed by atoms with van der Waals surface area (Å²) in [5, 5.41) is 0. The van der Waals surface area contributed by atoms with Crippen LogP contribution in [0.15, 0.2) is 85.5 Å². The second kappa shape index (κ2) is 8.75. The van der Waals surface area contributed by atoms with Crippen LogP contribution in [0, 0.1) is 0 Å². The van der Waals surface area contributed by atoms with E-state index in [-0.39, 0.29) is 23.7 Å². The SMILES string of the molecule is COc1cncc(C2[C@H](c3ccccc3)[C@H](c3cncc(OC)n3)[C@H]2c2ccccc2)n1. The van der Waals surface area contributed by atoms with Crippen molar-refractivity contribution in [2.75, 3.05) is 14.2 Å². The van der Waals surface area contributed by atoms with Gasteiger partial charge in [-0.05, 0) is 11.1 Å². The Balaban J connectivity index is 1.68. The van der Waals surface area contributed by atoms with Crippen LogP contribution in [0.4, 0.5) is 0 Å². The van der Waals surface area contributed by atoms with E-state index in [1.807, 2.05) is 24.5 Å². The Kier molecular flexibility index (Phi) is 5.50. The lowest BCUT2D eigenvalue weighted by Crippen LogP contribution is -2.41. The van der Waals surface area contributed by atoms with Gasteiger partial charge >= 0.3 is 0 Å². The Hall–Kier alpha value is -3.80. The van der Waals surface area contributed by atoms with E-state index in [9.17, 15) is 0 Å². The van der Waals surface area contributed by atoms with E-state index < -0.39 is 0 Å². The van der Waals surface area contributed by atoms with Gasteiger partial charge in [-0.3, -0.25) is 9.97 Å². The Bertz CT molecular complexity index is 1080. The summed E-state index contributed by atoms with van der Waals surface area (Å²) in [6.45, 7) is 0. The van der Waals surface area contributed by atoms with E-state index in [1.165, 1.54) is 11.1 Å². The van der Waals surface area contributed by atoms with Gasteiger partial charge < -0.3 is 9.47 Å². The quantitative estimate of drug-likeness (QED) is 0.446. The van der Waals surface area contributed by atoms with Crippen LogP contribution in [0.25, 0.3) is 0 Å². The summed E-state index contributed by atoms with van der Waals surface area (Å²) in [7, 11) is 3.24. The number of benzene rings is 2. The summed E-state index contributed by atoms with van der Waals surface area (Å²) >= 11 is 0. The zero-order chi connectivity index (χ0) is 21.9. The summed E-state index contributed by atoms with van der Waals surface area (Å²) in [5.74, 6) is 1.57. The lowest BCUT2D eigenvalue weighted by Gasteiger charge is -2.52. The molecule has 0 bridgehead atoms. The summed E-state index contributed by atoms with van der Waals surface area (Å²) in [6, 6.07) is 21.1. The average molecular weight is 425 g/mol. The first-order chi connectivity index (χ1) is 15.8. The molecule has 0 atom stereocenters. The minimum Gasteiger partial charge on any atom is -0.480 e. The third-order valence-corrected chi connectivity index (χ3v) is 6.28. The maximum absolute atomic E-state index is 5.38. The fourth-order valence-electron chi connectivity index (χ4n) is 4.91. The Morgan fingerprint density at radius 2 is 0.938 bits per heavy atom. The molecule has 0 amide bonds. The first-order valence-corrected chi connectivity index (χ1v) is 10.6. The molecular formula is C26H24N4O2. The summed E-state index contributed by atoms with van der Waals surface area (Å²) in [4.78, 5) is 18.4. The highest BCUT2D eigenvalue weighted by Gasteiger charge is 2.54. The van der Waals surface area contributed by atoms with Gasteiger partial charge in [0.25, 0.3) is 0 Å². The Morgan fingerprint density at radius 3 is 1.31 bits per heavy atom. The van der Waals surface area contributed by atoms with Gasteiger partial charge in [-0.2, -0.15) is 0 Å². The van der Waals surface area contributed by atoms with Crippen LogP contribution in [-0.4, -0.2) is 34.2 Å². The fourth-order valence-corrected chi connectivity index (χ4v) is 4.91. The van der Waals surface area contributed by atoms with E-state index in [4.69, 9.17) is 19.4 Å². The number of hydrogen-bond donors (Lipinski definition) is 0. The van der Waals surface area contributed by atoms with Crippen molar-refractivity contribution in [3.8, 4) is 11.8 Å². The van der Waals surface area contributed by atoms with Gasteiger partial charge in [0.2, 0.25) is 11.8 Å². The van der Waals surface area contributed by atoms with Crippen molar-refractivity contribution in [1.82, 2.24) is 19.9 Å². The van der Waals surface area contributed by atoms with Crippen molar-refractivity contribution >= 4 is 0 Å². The number of rotatable bonds is 6. The molecule has 2 heterocycles. The number of hydrogen-bond acceptors (Lipinski definition) is 6. The maximum atomic E-state index is 5.38. The van der Waals surface area contributed by atoms with Gasteiger partial charge in [0.05, 0.1) is 38.0 Å². The van der Waals surface area contributed by atoms with E-state index in [1.54, 1.807) is 26.6 Å². The molecule has 2 aromatic heterocycles. The average Bonchev–Trinajstić information content (AvgIpc) is 2.85. The zero-order valence-corrected chi connectivity index (χ0v) is 18.0. The minimum atomic E-state index is 0.111. The molecule has 5 rings (SSSR count). The van der Waals surface area contributed by atoms with Crippen LogP contribution in [0.1, 0.15) is 46.2 Å². The molecule has 1 aliphatic carbocycles. The van der Waals surface area contributed by atoms with Crippen molar-refractivity contribution in [1.29, 1.82) is 0 Å². The first-order valence-electron chi connectivity index (χ1n) is 10.6. The van der Waals surface area contributed by atoms with Gasteiger partial charge in [0.1, 0.15) is 0 Å². The molecule has 0 saturated heterocycles. The van der Waals surface area contributed by atoms with E-state index in [0.29, 0.717) is 11.8 Å². The first kappa shape index (κ1) is 20.1. The maximum Gasteiger partial charge on any atom is 0.232 e. The van der Waals surface area contributed by atoms with E-state index >= 15 is 0 Å². The highest BCUT2D eigenvalue weighted by Crippen LogP contribution is 2.65. The molecule has 0 aliphatic heterocycles. The van der Waals surface area contributed by atoms with E-state index in [2.05, 4.69) is 58.5 Å². The van der Waals surface area contributed by atoms with Crippen LogP contribution in [-0.2, 0) is 0 Å². The predicted molar refractivity (Wildman–Crippen MR) is 121 cm³/mol. The lowest BCUT2D eigenvalue weighted by molar-refractivity contribution is 0.216. The molecule has 4 aromatic rings. The highest BCUT2D eigenvalue weighted by molar-refractivity contribution is 5.45. The molecular weight excluding hydrogens is 400 g/mol.